The van der Waals surface area contributed by atoms with Gasteiger partial charge in [-0.25, -0.2) is 4.68 Å². The minimum Gasteiger partial charge on any atom is -0.468 e. The lowest BCUT2D eigenvalue weighted by molar-refractivity contribution is -0.141. The van der Waals surface area contributed by atoms with Crippen LogP contribution in [0.15, 0.2) is 48.8 Å². The van der Waals surface area contributed by atoms with Gasteiger partial charge in [0.25, 0.3) is 5.91 Å². The molecule has 0 aliphatic carbocycles. The molecule has 0 bridgehead atoms. The molecule has 0 saturated heterocycles. The predicted octanol–water partition coefficient (Wildman–Crippen LogP) is 2.09. The Morgan fingerprint density at radius 1 is 1.11 bits per heavy atom. The topological polar surface area (TPSA) is 90.2 Å². The van der Waals surface area contributed by atoms with Gasteiger partial charge in [0.05, 0.1) is 12.8 Å². The summed E-state index contributed by atoms with van der Waals surface area (Å²) in [4.78, 5) is 26.5. The van der Waals surface area contributed by atoms with E-state index in [0.717, 1.165) is 22.4 Å². The molecule has 0 unspecified atom stereocenters. The molecule has 0 atom stereocenters. The van der Waals surface area contributed by atoms with Gasteiger partial charge in [0.1, 0.15) is 12.9 Å². The summed E-state index contributed by atoms with van der Waals surface area (Å²) in [6, 6.07) is 13.0. The molecule has 1 amide bonds. The summed E-state index contributed by atoms with van der Waals surface area (Å²) in [5.74, 6) is -0.719. The van der Waals surface area contributed by atoms with Gasteiger partial charge in [0.15, 0.2) is 0 Å². The molecule has 28 heavy (non-hydrogen) atoms. The van der Waals surface area contributed by atoms with Crippen LogP contribution in [-0.2, 0) is 16.1 Å². The molecule has 0 radical (unpaired) electrons. The van der Waals surface area contributed by atoms with Crippen molar-refractivity contribution in [3.05, 3.63) is 71.0 Å². The van der Waals surface area contributed by atoms with Gasteiger partial charge in [0, 0.05) is 12.1 Å². The van der Waals surface area contributed by atoms with Gasteiger partial charge >= 0.3 is 5.97 Å². The third kappa shape index (κ3) is 4.22. The van der Waals surface area contributed by atoms with Crippen LogP contribution in [0, 0.1) is 13.8 Å². The number of methoxy groups -OCH3 is 1. The maximum Gasteiger partial charge on any atom is 0.325 e. The summed E-state index contributed by atoms with van der Waals surface area (Å²) in [5, 5.41) is 11.1. The molecule has 1 heterocycles. The van der Waals surface area contributed by atoms with Crippen LogP contribution < -0.4 is 0 Å². The molecule has 3 rings (SSSR count). The van der Waals surface area contributed by atoms with Crippen molar-refractivity contribution in [2.45, 2.75) is 20.4 Å². The number of amides is 1. The van der Waals surface area contributed by atoms with Crippen molar-refractivity contribution >= 4 is 11.9 Å². The Morgan fingerprint density at radius 2 is 1.89 bits per heavy atom. The summed E-state index contributed by atoms with van der Waals surface area (Å²) >= 11 is 0. The highest BCUT2D eigenvalue weighted by Crippen LogP contribution is 2.18. The average Bonchev–Trinajstić information content (AvgIpc) is 3.22. The van der Waals surface area contributed by atoms with Crippen LogP contribution in [0.3, 0.4) is 0 Å². The fourth-order valence-electron chi connectivity index (χ4n) is 2.91. The molecular formula is C20H21N5O3. The highest BCUT2D eigenvalue weighted by molar-refractivity contribution is 5.96. The van der Waals surface area contributed by atoms with E-state index in [4.69, 9.17) is 4.74 Å². The molecule has 144 valence electrons. The predicted molar refractivity (Wildman–Crippen MR) is 102 cm³/mol. The van der Waals surface area contributed by atoms with E-state index < -0.39 is 5.97 Å². The second-order valence-electron chi connectivity index (χ2n) is 6.42. The standard InChI is InChI=1S/C20H21N5O3/c1-14-6-4-5-7-17(14)11-24(12-19(26)28-3)20(27)16-8-9-18(15(2)10-16)25-13-21-22-23-25/h4-10,13H,11-12H2,1-3H3. The molecule has 3 aromatic rings. The van der Waals surface area contributed by atoms with Crippen LogP contribution in [0.5, 0.6) is 0 Å². The van der Waals surface area contributed by atoms with Crippen LogP contribution >= 0.6 is 0 Å². The highest BCUT2D eigenvalue weighted by atomic mass is 16.5. The van der Waals surface area contributed by atoms with Gasteiger partial charge in [-0.2, -0.15) is 0 Å². The second-order valence-corrected chi connectivity index (χ2v) is 6.42. The molecule has 0 spiro atoms. The molecule has 1 aromatic heterocycles. The van der Waals surface area contributed by atoms with E-state index in [-0.39, 0.29) is 12.5 Å². The molecule has 8 nitrogen and oxygen atoms in total. The van der Waals surface area contributed by atoms with E-state index >= 15 is 0 Å². The van der Waals surface area contributed by atoms with Gasteiger partial charge in [-0.15, -0.1) is 5.10 Å². The van der Waals surface area contributed by atoms with Crippen LogP contribution in [0.2, 0.25) is 0 Å². The molecular weight excluding hydrogens is 358 g/mol. The Hall–Kier alpha value is -3.55. The van der Waals surface area contributed by atoms with Gasteiger partial charge in [0.2, 0.25) is 0 Å². The zero-order valence-electron chi connectivity index (χ0n) is 16.0. The number of carbonyl (C=O) groups is 2. The summed E-state index contributed by atoms with van der Waals surface area (Å²) in [7, 11) is 1.31. The molecule has 0 fully saturated rings. The Labute approximate surface area is 162 Å². The lowest BCUT2D eigenvalue weighted by Crippen LogP contribution is -2.36. The molecule has 8 heteroatoms. The second kappa shape index (κ2) is 8.43. The van der Waals surface area contributed by atoms with Crippen LogP contribution in [-0.4, -0.2) is 50.6 Å². The maximum atomic E-state index is 13.1. The van der Waals surface area contributed by atoms with E-state index in [2.05, 4.69) is 15.5 Å². The summed E-state index contributed by atoms with van der Waals surface area (Å²) < 4.78 is 6.30. The van der Waals surface area contributed by atoms with Gasteiger partial charge < -0.3 is 9.64 Å². The SMILES string of the molecule is COC(=O)CN(Cc1ccccc1C)C(=O)c1ccc(-n2cnnn2)c(C)c1. The average molecular weight is 379 g/mol. The van der Waals surface area contributed by atoms with Crippen LogP contribution in [0.4, 0.5) is 0 Å². The summed E-state index contributed by atoms with van der Waals surface area (Å²) in [6.45, 7) is 4.03. The lowest BCUT2D eigenvalue weighted by atomic mass is 10.1. The number of rotatable bonds is 6. The minimum absolute atomic E-state index is 0.128. The van der Waals surface area contributed by atoms with Crippen molar-refractivity contribution in [3.63, 3.8) is 0 Å². The van der Waals surface area contributed by atoms with E-state index in [1.54, 1.807) is 18.2 Å². The zero-order chi connectivity index (χ0) is 20.1. The first-order chi connectivity index (χ1) is 13.5. The molecule has 2 aromatic carbocycles. The monoisotopic (exact) mass is 379 g/mol. The first kappa shape index (κ1) is 19.2. The number of hydrogen-bond acceptors (Lipinski definition) is 6. The number of aryl methyl sites for hydroxylation is 2. The number of hydrogen-bond donors (Lipinski definition) is 0. The van der Waals surface area contributed by atoms with Crippen molar-refractivity contribution in [2.24, 2.45) is 0 Å². The number of esters is 1. The zero-order valence-corrected chi connectivity index (χ0v) is 16.0. The Balaban J connectivity index is 1.89. The van der Waals surface area contributed by atoms with Gasteiger partial charge in [-0.1, -0.05) is 24.3 Å². The van der Waals surface area contributed by atoms with Crippen molar-refractivity contribution in [2.75, 3.05) is 13.7 Å². The largest absolute Gasteiger partial charge is 0.468 e. The Morgan fingerprint density at radius 3 is 2.54 bits per heavy atom. The fraction of sp³-hybridized carbons (Fsp3) is 0.250. The first-order valence-corrected chi connectivity index (χ1v) is 8.74. The summed E-state index contributed by atoms with van der Waals surface area (Å²) in [6.07, 6.45) is 1.49. The number of carbonyl (C=O) groups excluding carboxylic acids is 2. The number of ether oxygens (including phenoxy) is 1. The molecule has 0 N–H and O–H groups in total. The van der Waals surface area contributed by atoms with Crippen molar-refractivity contribution in [1.29, 1.82) is 0 Å². The Bertz CT molecular complexity index is 985. The van der Waals surface area contributed by atoms with Crippen LogP contribution in [0.25, 0.3) is 5.69 Å². The minimum atomic E-state index is -0.469. The normalized spacial score (nSPS) is 10.5. The smallest absolute Gasteiger partial charge is 0.325 e. The number of nitrogens with zero attached hydrogens (tertiary/aromatic N) is 5. The number of tetrazole rings is 1. The van der Waals surface area contributed by atoms with E-state index in [0.29, 0.717) is 12.1 Å². The van der Waals surface area contributed by atoms with Crippen LogP contribution in [0.1, 0.15) is 27.0 Å². The van der Waals surface area contributed by atoms with E-state index in [9.17, 15) is 9.59 Å². The quantitative estimate of drug-likeness (QED) is 0.609. The maximum absolute atomic E-state index is 13.1. The number of aromatic nitrogens is 4. The van der Waals surface area contributed by atoms with Crippen molar-refractivity contribution in [1.82, 2.24) is 25.1 Å². The number of benzene rings is 2. The molecule has 0 saturated carbocycles. The third-order valence-electron chi connectivity index (χ3n) is 4.50. The summed E-state index contributed by atoms with van der Waals surface area (Å²) in [5.41, 5.74) is 4.12. The molecule has 0 aliphatic rings. The van der Waals surface area contributed by atoms with Gasteiger partial charge in [-0.05, 0) is 59.2 Å². The van der Waals surface area contributed by atoms with E-state index in [1.807, 2.05) is 38.1 Å². The van der Waals surface area contributed by atoms with Crippen molar-refractivity contribution in [3.8, 4) is 5.69 Å². The highest BCUT2D eigenvalue weighted by Gasteiger charge is 2.21. The molecule has 0 aliphatic heterocycles. The van der Waals surface area contributed by atoms with Gasteiger partial charge in [-0.3, -0.25) is 9.59 Å². The Kier molecular flexibility index (Phi) is 5.78. The fourth-order valence-corrected chi connectivity index (χ4v) is 2.91. The lowest BCUT2D eigenvalue weighted by Gasteiger charge is -2.23. The van der Waals surface area contributed by atoms with Crippen molar-refractivity contribution < 1.29 is 14.3 Å². The third-order valence-corrected chi connectivity index (χ3v) is 4.50. The van der Waals surface area contributed by atoms with E-state index in [1.165, 1.54) is 23.0 Å². The first-order valence-electron chi connectivity index (χ1n) is 8.74.